The van der Waals surface area contributed by atoms with Gasteiger partial charge in [0.15, 0.2) is 0 Å². The summed E-state index contributed by atoms with van der Waals surface area (Å²) in [6.45, 7) is 4.94. The highest BCUT2D eigenvalue weighted by Gasteiger charge is 2.28. The summed E-state index contributed by atoms with van der Waals surface area (Å²) in [5.41, 5.74) is 0. The van der Waals surface area contributed by atoms with E-state index in [0.29, 0.717) is 23.9 Å². The molecule has 0 saturated heterocycles. The monoisotopic (exact) mass is 970 g/mol. The molecule has 0 aliphatic rings. The van der Waals surface area contributed by atoms with Crippen molar-refractivity contribution in [2.45, 2.75) is 315 Å². The number of rotatable bonds is 55. The molecule has 0 rings (SSSR count). The van der Waals surface area contributed by atoms with Crippen LogP contribution in [0.5, 0.6) is 0 Å². The Morgan fingerprint density at radius 3 is 1.15 bits per heavy atom. The first-order valence-electron chi connectivity index (χ1n) is 29.6. The van der Waals surface area contributed by atoms with Crippen LogP contribution in [0.1, 0.15) is 303 Å². The molecule has 9 heteroatoms. The van der Waals surface area contributed by atoms with Gasteiger partial charge in [-0.25, -0.2) is 4.57 Å². The summed E-state index contributed by atoms with van der Waals surface area (Å²) in [4.78, 5) is 23.3. The van der Waals surface area contributed by atoms with E-state index in [-0.39, 0.29) is 19.1 Å². The Morgan fingerprint density at radius 1 is 0.493 bits per heavy atom. The summed E-state index contributed by atoms with van der Waals surface area (Å²) < 4.78 is 23.8. The fourth-order valence-electron chi connectivity index (χ4n) is 9.10. The van der Waals surface area contributed by atoms with E-state index < -0.39 is 20.0 Å². The first kappa shape index (κ1) is 66.2. The van der Waals surface area contributed by atoms with Crippen molar-refractivity contribution in [2.75, 3.05) is 40.9 Å². The van der Waals surface area contributed by atoms with Gasteiger partial charge in [0.1, 0.15) is 13.2 Å². The number of unbranched alkanes of at least 4 members (excludes halogenated alkanes) is 40. The number of phosphoric acid groups is 1. The molecule has 0 heterocycles. The molecule has 0 spiro atoms. The average Bonchev–Trinajstić information content (AvgIpc) is 3.29. The van der Waals surface area contributed by atoms with Gasteiger partial charge >= 0.3 is 7.82 Å². The van der Waals surface area contributed by atoms with Crippen LogP contribution in [0.25, 0.3) is 0 Å². The fraction of sp³-hybridized carbons (Fsp3) is 0.948. The van der Waals surface area contributed by atoms with E-state index in [4.69, 9.17) is 9.05 Å². The maximum atomic E-state index is 13.0. The van der Waals surface area contributed by atoms with E-state index >= 15 is 0 Å². The molecule has 0 bridgehead atoms. The summed E-state index contributed by atoms with van der Waals surface area (Å²) >= 11 is 0. The SMILES string of the molecule is CCCCCCCCCCCCCC/C=C\CCCCCCCCCCC(=O)NC(COP(=O)(O)OCC[N+](C)(C)C)C(O)CCCCCCCCCCCCCCCCCCCCCCC. The zero-order chi connectivity index (χ0) is 49.2. The number of aliphatic hydroxyl groups is 1. The maximum absolute atomic E-state index is 13.0. The van der Waals surface area contributed by atoms with Crippen LogP contribution < -0.4 is 5.32 Å². The van der Waals surface area contributed by atoms with Crippen molar-refractivity contribution in [1.82, 2.24) is 5.32 Å². The molecule has 67 heavy (non-hydrogen) atoms. The molecular weight excluding hydrogens is 852 g/mol. The van der Waals surface area contributed by atoms with Crippen LogP contribution in [0.4, 0.5) is 0 Å². The molecule has 3 N–H and O–H groups in total. The van der Waals surface area contributed by atoms with Crippen LogP contribution in [0, 0.1) is 0 Å². The molecule has 0 aliphatic carbocycles. The Hall–Kier alpha value is -0.760. The Kier molecular flexibility index (Phi) is 49.6. The first-order valence-corrected chi connectivity index (χ1v) is 31.0. The van der Waals surface area contributed by atoms with Crippen molar-refractivity contribution in [3.8, 4) is 0 Å². The number of carbonyl (C=O) groups excluding carboxylic acids is 1. The highest BCUT2D eigenvalue weighted by molar-refractivity contribution is 7.47. The molecule has 8 nitrogen and oxygen atoms in total. The smallest absolute Gasteiger partial charge is 0.391 e. The van der Waals surface area contributed by atoms with E-state index in [9.17, 15) is 19.4 Å². The molecular formula is C58H118N2O6P+. The lowest BCUT2D eigenvalue weighted by Gasteiger charge is -2.26. The van der Waals surface area contributed by atoms with Crippen LogP contribution in [0.2, 0.25) is 0 Å². The Morgan fingerprint density at radius 2 is 0.806 bits per heavy atom. The molecule has 3 unspecified atom stereocenters. The number of aliphatic hydroxyl groups excluding tert-OH is 1. The van der Waals surface area contributed by atoms with Gasteiger partial charge in [-0.3, -0.25) is 13.8 Å². The number of likely N-dealkylation sites (N-methyl/N-ethyl adjacent to an activating group) is 1. The lowest BCUT2D eigenvalue weighted by atomic mass is 10.0. The standard InChI is InChI=1S/C58H117N2O6P/c1-6-8-10-12-14-16-18-20-22-24-26-28-29-30-32-34-36-38-40-42-44-46-48-50-52-58(62)59-56(55-66-67(63,64)65-54-53-60(3,4)5)57(61)51-49-47-45-43-41-39-37-35-33-31-27-25-23-21-19-17-15-13-11-9-7-2/h30,32,56-57,61H,6-29,31,33-55H2,1-5H3,(H-,59,62,63,64)/p+1/b32-30-. The van der Waals surface area contributed by atoms with E-state index in [1.54, 1.807) is 0 Å². The van der Waals surface area contributed by atoms with Gasteiger partial charge in [-0.1, -0.05) is 270 Å². The summed E-state index contributed by atoms with van der Waals surface area (Å²) in [7, 11) is 1.63. The summed E-state index contributed by atoms with van der Waals surface area (Å²) in [6.07, 6.45) is 61.2. The summed E-state index contributed by atoms with van der Waals surface area (Å²) in [6, 6.07) is -0.760. The third kappa shape index (κ3) is 52.9. The van der Waals surface area contributed by atoms with Crippen LogP contribution >= 0.6 is 7.82 Å². The van der Waals surface area contributed by atoms with Gasteiger partial charge < -0.3 is 19.8 Å². The lowest BCUT2D eigenvalue weighted by Crippen LogP contribution is -2.46. The number of hydrogen-bond acceptors (Lipinski definition) is 5. The minimum Gasteiger partial charge on any atom is -0.391 e. The number of amides is 1. The molecule has 0 aromatic heterocycles. The van der Waals surface area contributed by atoms with Gasteiger partial charge in [-0.05, 0) is 38.5 Å². The maximum Gasteiger partial charge on any atom is 0.472 e. The zero-order valence-electron chi connectivity index (χ0n) is 45.7. The van der Waals surface area contributed by atoms with Crippen LogP contribution in [-0.4, -0.2) is 73.4 Å². The molecule has 0 radical (unpaired) electrons. The molecule has 1 amide bonds. The fourth-order valence-corrected chi connectivity index (χ4v) is 9.84. The second-order valence-electron chi connectivity index (χ2n) is 21.7. The number of nitrogens with one attached hydrogen (secondary N) is 1. The molecule has 0 saturated carbocycles. The Balaban J connectivity index is 4.14. The van der Waals surface area contributed by atoms with Crippen molar-refractivity contribution >= 4 is 13.7 Å². The molecule has 0 aromatic carbocycles. The van der Waals surface area contributed by atoms with Crippen molar-refractivity contribution in [1.29, 1.82) is 0 Å². The number of carbonyl (C=O) groups is 1. The zero-order valence-corrected chi connectivity index (χ0v) is 46.6. The minimum absolute atomic E-state index is 0.0766. The van der Waals surface area contributed by atoms with Crippen molar-refractivity contribution in [3.05, 3.63) is 12.2 Å². The minimum atomic E-state index is -4.32. The van der Waals surface area contributed by atoms with E-state index in [0.717, 1.165) is 38.5 Å². The third-order valence-electron chi connectivity index (χ3n) is 13.8. The normalized spacial score (nSPS) is 14.0. The van der Waals surface area contributed by atoms with Gasteiger partial charge in [0.05, 0.1) is 39.9 Å². The predicted molar refractivity (Wildman–Crippen MR) is 291 cm³/mol. The Bertz CT molecular complexity index is 1100. The number of allylic oxidation sites excluding steroid dienone is 2. The van der Waals surface area contributed by atoms with Crippen molar-refractivity contribution in [3.63, 3.8) is 0 Å². The predicted octanol–water partition coefficient (Wildman–Crippen LogP) is 17.8. The number of quaternary nitrogens is 1. The Labute approximate surface area is 418 Å². The van der Waals surface area contributed by atoms with Crippen molar-refractivity contribution < 1.29 is 32.9 Å². The molecule has 0 fully saturated rings. The third-order valence-corrected chi connectivity index (χ3v) is 14.7. The highest BCUT2D eigenvalue weighted by Crippen LogP contribution is 2.43. The largest absolute Gasteiger partial charge is 0.472 e. The summed E-state index contributed by atoms with van der Waals surface area (Å²) in [5.74, 6) is -0.142. The van der Waals surface area contributed by atoms with Crippen molar-refractivity contribution in [2.24, 2.45) is 0 Å². The van der Waals surface area contributed by atoms with Gasteiger partial charge in [-0.15, -0.1) is 0 Å². The van der Waals surface area contributed by atoms with E-state index in [2.05, 4.69) is 31.3 Å². The van der Waals surface area contributed by atoms with Crippen LogP contribution in [-0.2, 0) is 18.4 Å². The van der Waals surface area contributed by atoms with Gasteiger partial charge in [-0.2, -0.15) is 0 Å². The average molecular weight is 971 g/mol. The second-order valence-corrected chi connectivity index (χ2v) is 23.2. The van der Waals surface area contributed by atoms with Gasteiger partial charge in [0.25, 0.3) is 0 Å². The lowest BCUT2D eigenvalue weighted by molar-refractivity contribution is -0.870. The van der Waals surface area contributed by atoms with Crippen LogP contribution in [0.3, 0.4) is 0 Å². The number of hydrogen-bond donors (Lipinski definition) is 3. The molecule has 0 aliphatic heterocycles. The first-order chi connectivity index (χ1) is 32.5. The van der Waals surface area contributed by atoms with E-state index in [1.165, 1.54) is 238 Å². The molecule has 3 atom stereocenters. The van der Waals surface area contributed by atoms with Crippen LogP contribution in [0.15, 0.2) is 12.2 Å². The van der Waals surface area contributed by atoms with Gasteiger partial charge in [0.2, 0.25) is 5.91 Å². The topological polar surface area (TPSA) is 105 Å². The number of nitrogens with zero attached hydrogens (tertiary/aromatic N) is 1. The van der Waals surface area contributed by atoms with Gasteiger partial charge in [0, 0.05) is 6.42 Å². The quantitative estimate of drug-likeness (QED) is 0.0243. The summed E-state index contributed by atoms with van der Waals surface area (Å²) in [5, 5.41) is 14.1. The highest BCUT2D eigenvalue weighted by atomic mass is 31.2. The number of phosphoric ester groups is 1. The molecule has 400 valence electrons. The molecule has 0 aromatic rings. The second kappa shape index (κ2) is 50.2. The van der Waals surface area contributed by atoms with E-state index in [1.807, 2.05) is 21.1 Å².